The Bertz CT molecular complexity index is 1300. The van der Waals surface area contributed by atoms with Gasteiger partial charge in [-0.05, 0) is 6.07 Å². The first-order valence-electron chi connectivity index (χ1n) is 12.4. The van der Waals surface area contributed by atoms with Gasteiger partial charge in [-0.15, -0.1) is 0 Å². The van der Waals surface area contributed by atoms with E-state index in [1.165, 1.54) is 12.1 Å². The van der Waals surface area contributed by atoms with Crippen LogP contribution in [-0.2, 0) is 20.8 Å². The molecule has 5 rings (SSSR count). The minimum atomic E-state index is -1.86. The third-order valence-corrected chi connectivity index (χ3v) is 7.25. The molecule has 2 aliphatic heterocycles. The van der Waals surface area contributed by atoms with Gasteiger partial charge in [0.15, 0.2) is 17.9 Å². The Kier molecular flexibility index (Phi) is 7.91. The molecule has 216 valence electrons. The molecule has 40 heavy (non-hydrogen) atoms. The quantitative estimate of drug-likeness (QED) is 0.146. The predicted molar refractivity (Wildman–Crippen MR) is 128 cm³/mol. The lowest BCUT2D eigenvalue weighted by molar-refractivity contribution is -0.290. The zero-order valence-corrected chi connectivity index (χ0v) is 20.7. The summed E-state index contributed by atoms with van der Waals surface area (Å²) in [4.78, 5) is 26.2. The van der Waals surface area contributed by atoms with Gasteiger partial charge in [0.1, 0.15) is 54.2 Å². The summed E-state index contributed by atoms with van der Waals surface area (Å²) in [5.74, 6) is -2.29. The lowest BCUT2D eigenvalue weighted by Gasteiger charge is -2.40. The molecule has 0 amide bonds. The number of carbonyl (C=O) groups is 2. The van der Waals surface area contributed by atoms with Crippen LogP contribution in [0.15, 0.2) is 30.3 Å². The standard InChI is InChI=1S/C26H28O14/c27-6-12-13(5-11-16(19(12)31)18(30)10-4-2-1-3-9(10)17(11)29)38-26-24(36)22(34)21(33)15(40-26)8-37-25-23(35)20(32)14(7-28)39-25/h1-5,14-15,20-28,31-36H,6-8H2/t14-,15-,20+,21-,22+,23-,24-,25-,26-/m1/s1. The van der Waals surface area contributed by atoms with E-state index >= 15 is 0 Å². The Morgan fingerprint density at radius 1 is 0.750 bits per heavy atom. The summed E-state index contributed by atoms with van der Waals surface area (Å²) in [6, 6.07) is 7.11. The Labute approximate surface area is 226 Å². The summed E-state index contributed by atoms with van der Waals surface area (Å²) < 4.78 is 21.8. The molecule has 2 heterocycles. The maximum absolute atomic E-state index is 13.1. The second kappa shape index (κ2) is 11.1. The Morgan fingerprint density at radius 2 is 1.35 bits per heavy atom. The molecule has 2 saturated heterocycles. The van der Waals surface area contributed by atoms with Crippen molar-refractivity contribution >= 4 is 11.6 Å². The molecule has 2 aromatic rings. The number of ketones is 2. The van der Waals surface area contributed by atoms with Gasteiger partial charge in [-0.2, -0.15) is 0 Å². The van der Waals surface area contributed by atoms with Gasteiger partial charge in [0, 0.05) is 16.7 Å². The van der Waals surface area contributed by atoms with Crippen molar-refractivity contribution in [1.82, 2.24) is 0 Å². The number of aromatic hydroxyl groups is 1. The number of ether oxygens (including phenoxy) is 4. The van der Waals surface area contributed by atoms with E-state index in [0.717, 1.165) is 6.07 Å². The Balaban J connectivity index is 1.39. The van der Waals surface area contributed by atoms with E-state index in [-0.39, 0.29) is 33.6 Å². The highest BCUT2D eigenvalue weighted by Gasteiger charge is 2.48. The first-order chi connectivity index (χ1) is 19.1. The van der Waals surface area contributed by atoms with Gasteiger partial charge in [-0.1, -0.05) is 24.3 Å². The Morgan fingerprint density at radius 3 is 1.98 bits per heavy atom. The third-order valence-electron chi connectivity index (χ3n) is 7.25. The van der Waals surface area contributed by atoms with Crippen LogP contribution < -0.4 is 4.74 Å². The largest absolute Gasteiger partial charge is 0.507 e. The van der Waals surface area contributed by atoms with E-state index in [1.54, 1.807) is 12.1 Å². The molecule has 0 unspecified atom stereocenters. The van der Waals surface area contributed by atoms with Crippen molar-refractivity contribution in [1.29, 1.82) is 0 Å². The highest BCUT2D eigenvalue weighted by molar-refractivity contribution is 6.29. The number of aliphatic hydroxyl groups is 7. The predicted octanol–water partition coefficient (Wildman–Crippen LogP) is -2.70. The van der Waals surface area contributed by atoms with Crippen molar-refractivity contribution in [3.8, 4) is 11.5 Å². The minimum Gasteiger partial charge on any atom is -0.507 e. The van der Waals surface area contributed by atoms with Gasteiger partial charge in [-0.3, -0.25) is 9.59 Å². The average molecular weight is 564 g/mol. The van der Waals surface area contributed by atoms with Gasteiger partial charge < -0.3 is 59.8 Å². The monoisotopic (exact) mass is 564 g/mol. The van der Waals surface area contributed by atoms with Crippen molar-refractivity contribution in [2.75, 3.05) is 13.2 Å². The lowest BCUT2D eigenvalue weighted by atomic mass is 9.82. The first kappa shape index (κ1) is 28.5. The van der Waals surface area contributed by atoms with Gasteiger partial charge in [0.2, 0.25) is 6.29 Å². The summed E-state index contributed by atoms with van der Waals surface area (Å²) >= 11 is 0. The van der Waals surface area contributed by atoms with Gasteiger partial charge >= 0.3 is 0 Å². The molecule has 0 aromatic heterocycles. The molecule has 14 heteroatoms. The van der Waals surface area contributed by atoms with E-state index in [9.17, 15) is 50.4 Å². The van der Waals surface area contributed by atoms with Crippen molar-refractivity contribution in [2.45, 2.75) is 61.9 Å². The highest BCUT2D eigenvalue weighted by Crippen LogP contribution is 2.41. The fourth-order valence-electron chi connectivity index (χ4n) is 4.98. The molecule has 0 bridgehead atoms. The van der Waals surface area contributed by atoms with Crippen molar-refractivity contribution < 1.29 is 69.4 Å². The second-order valence-corrected chi connectivity index (χ2v) is 9.66. The lowest BCUT2D eigenvalue weighted by Crippen LogP contribution is -2.60. The number of aliphatic hydroxyl groups excluding tert-OH is 7. The van der Waals surface area contributed by atoms with Crippen LogP contribution in [0, 0.1) is 0 Å². The van der Waals surface area contributed by atoms with Crippen LogP contribution in [0.1, 0.15) is 37.4 Å². The van der Waals surface area contributed by atoms with Crippen LogP contribution in [0.2, 0.25) is 0 Å². The zero-order valence-electron chi connectivity index (χ0n) is 20.7. The van der Waals surface area contributed by atoms with Crippen molar-refractivity contribution in [2.24, 2.45) is 0 Å². The number of fused-ring (bicyclic) bond motifs is 2. The number of phenols is 1. The van der Waals surface area contributed by atoms with Gasteiger partial charge in [-0.25, -0.2) is 0 Å². The molecule has 1 aliphatic carbocycles. The normalized spacial score (nSPS) is 33.5. The van der Waals surface area contributed by atoms with Crippen LogP contribution in [-0.4, -0.2) is 121 Å². The maximum atomic E-state index is 13.1. The van der Waals surface area contributed by atoms with Crippen molar-refractivity contribution in [3.63, 3.8) is 0 Å². The number of benzene rings is 2. The van der Waals surface area contributed by atoms with E-state index in [0.29, 0.717) is 0 Å². The zero-order chi connectivity index (χ0) is 28.9. The second-order valence-electron chi connectivity index (χ2n) is 9.66. The molecular formula is C26H28O14. The van der Waals surface area contributed by atoms with Crippen LogP contribution >= 0.6 is 0 Å². The fourth-order valence-corrected chi connectivity index (χ4v) is 4.98. The van der Waals surface area contributed by atoms with Crippen LogP contribution in [0.3, 0.4) is 0 Å². The molecule has 9 atom stereocenters. The van der Waals surface area contributed by atoms with Crippen LogP contribution in [0.4, 0.5) is 0 Å². The number of hydrogen-bond acceptors (Lipinski definition) is 14. The Hall–Kier alpha value is -3.02. The van der Waals surface area contributed by atoms with E-state index in [1.807, 2.05) is 0 Å². The summed E-state index contributed by atoms with van der Waals surface area (Å²) in [6.07, 6.45) is -14.0. The molecule has 14 nitrogen and oxygen atoms in total. The molecule has 0 radical (unpaired) electrons. The molecule has 3 aliphatic rings. The van der Waals surface area contributed by atoms with Gasteiger partial charge in [0.05, 0.1) is 30.9 Å². The highest BCUT2D eigenvalue weighted by atomic mass is 16.7. The number of rotatable bonds is 7. The molecular weight excluding hydrogens is 536 g/mol. The molecule has 2 aromatic carbocycles. The van der Waals surface area contributed by atoms with E-state index in [4.69, 9.17) is 18.9 Å². The smallest absolute Gasteiger partial charge is 0.229 e. The topological polar surface area (TPSA) is 233 Å². The molecule has 0 saturated carbocycles. The van der Waals surface area contributed by atoms with Crippen molar-refractivity contribution in [3.05, 3.63) is 58.1 Å². The van der Waals surface area contributed by atoms with Crippen LogP contribution in [0.25, 0.3) is 0 Å². The number of carbonyl (C=O) groups excluding carboxylic acids is 2. The number of hydrogen-bond donors (Lipinski definition) is 8. The third kappa shape index (κ3) is 4.67. The van der Waals surface area contributed by atoms with Gasteiger partial charge in [0.25, 0.3) is 0 Å². The maximum Gasteiger partial charge on any atom is 0.229 e. The van der Waals surface area contributed by atoms with E-state index in [2.05, 4.69) is 0 Å². The molecule has 8 N–H and O–H groups in total. The summed E-state index contributed by atoms with van der Waals surface area (Å²) in [7, 11) is 0. The summed E-state index contributed by atoms with van der Waals surface area (Å²) in [5.41, 5.74) is -0.673. The minimum absolute atomic E-state index is 0.0769. The summed E-state index contributed by atoms with van der Waals surface area (Å²) in [5, 5.41) is 81.3. The average Bonchev–Trinajstić information content (AvgIpc) is 3.23. The fraction of sp³-hybridized carbons (Fsp3) is 0.462. The summed E-state index contributed by atoms with van der Waals surface area (Å²) in [6.45, 7) is -1.98. The molecule has 0 spiro atoms. The van der Waals surface area contributed by atoms with E-state index < -0.39 is 92.4 Å². The first-order valence-corrected chi connectivity index (χ1v) is 12.4. The SMILES string of the molecule is O=C1c2ccccc2C(=O)c2c1cc(O[C@@H]1O[C@H](CO[C@@H]3O[C@H](CO)[C@H](O)[C@H]3O)[C@@H](O)[C@H](O)[C@H]1O)c(CO)c2O. The van der Waals surface area contributed by atoms with Crippen LogP contribution in [0.5, 0.6) is 11.5 Å². The molecule has 2 fully saturated rings.